The summed E-state index contributed by atoms with van der Waals surface area (Å²) in [6, 6.07) is 5.76. The van der Waals surface area contributed by atoms with E-state index in [1.54, 1.807) is 7.11 Å². The largest absolute Gasteiger partial charge is 0.496 e. The normalized spacial score (nSPS) is 17.2. The summed E-state index contributed by atoms with van der Waals surface area (Å²) in [5.74, 6) is 0.447. The molecule has 3 rings (SSSR count). The first-order chi connectivity index (χ1) is 11.2. The van der Waals surface area contributed by atoms with Gasteiger partial charge in [0.25, 0.3) is 0 Å². The van der Waals surface area contributed by atoms with E-state index in [9.17, 15) is 4.79 Å². The Kier molecular flexibility index (Phi) is 5.30. The molecule has 5 nitrogen and oxygen atoms in total. The number of methoxy groups -OCH3 is 1. The number of carbonyl (C=O) groups is 1. The Labute approximate surface area is 146 Å². The van der Waals surface area contributed by atoms with Crippen LogP contribution in [-0.2, 0) is 20.9 Å². The van der Waals surface area contributed by atoms with Gasteiger partial charge in [-0.1, -0.05) is 15.9 Å². The molecule has 0 spiro atoms. The van der Waals surface area contributed by atoms with Gasteiger partial charge >= 0.3 is 5.97 Å². The van der Waals surface area contributed by atoms with E-state index in [0.717, 1.165) is 39.3 Å². The molecule has 0 saturated carbocycles. The molecule has 0 N–H and O–H groups in total. The third kappa shape index (κ3) is 3.91. The minimum atomic E-state index is -0.418. The molecule has 1 aromatic carbocycles. The van der Waals surface area contributed by atoms with E-state index in [1.807, 2.05) is 23.6 Å². The third-order valence-corrected chi connectivity index (χ3v) is 4.92. The molecule has 2 heterocycles. The summed E-state index contributed by atoms with van der Waals surface area (Å²) in [6.45, 7) is 0.787. The van der Waals surface area contributed by atoms with Gasteiger partial charge in [-0.3, -0.25) is 0 Å². The molecule has 0 radical (unpaired) electrons. The van der Waals surface area contributed by atoms with E-state index in [4.69, 9.17) is 14.2 Å². The van der Waals surface area contributed by atoms with Gasteiger partial charge in [0, 0.05) is 16.5 Å². The summed E-state index contributed by atoms with van der Waals surface area (Å²) in [5.41, 5.74) is 1.63. The van der Waals surface area contributed by atoms with E-state index >= 15 is 0 Å². The van der Waals surface area contributed by atoms with Crippen molar-refractivity contribution in [1.29, 1.82) is 0 Å². The van der Waals surface area contributed by atoms with Gasteiger partial charge in [-0.05, 0) is 31.0 Å². The molecule has 1 fully saturated rings. The standard InChI is InChI=1S/C16H16BrNO4S/c1-20-13-5-4-10(17)7-12(13)15-18-11(9-23-15)8-22-16(19)14-3-2-6-21-14/h4-5,7,9,14H,2-3,6,8H2,1H3/t14-/m1/s1. The van der Waals surface area contributed by atoms with Gasteiger partial charge in [0.15, 0.2) is 6.10 Å². The second-order valence-corrected chi connectivity index (χ2v) is 6.87. The lowest BCUT2D eigenvalue weighted by Crippen LogP contribution is -2.22. The zero-order valence-corrected chi connectivity index (χ0v) is 15.0. The lowest BCUT2D eigenvalue weighted by atomic mass is 10.2. The molecule has 23 heavy (non-hydrogen) atoms. The van der Waals surface area contributed by atoms with Crippen LogP contribution in [0.4, 0.5) is 0 Å². The van der Waals surface area contributed by atoms with Crippen molar-refractivity contribution in [3.8, 4) is 16.3 Å². The SMILES string of the molecule is COc1ccc(Br)cc1-c1nc(COC(=O)[C@H]2CCCO2)cs1. The van der Waals surface area contributed by atoms with Gasteiger partial charge in [-0.15, -0.1) is 11.3 Å². The molecule has 7 heteroatoms. The minimum Gasteiger partial charge on any atom is -0.496 e. The van der Waals surface area contributed by atoms with E-state index in [1.165, 1.54) is 11.3 Å². The number of ether oxygens (including phenoxy) is 3. The Bertz CT molecular complexity index is 697. The Morgan fingerprint density at radius 1 is 1.52 bits per heavy atom. The fourth-order valence-corrected chi connectivity index (χ4v) is 3.53. The smallest absolute Gasteiger partial charge is 0.335 e. The van der Waals surface area contributed by atoms with Crippen molar-refractivity contribution in [1.82, 2.24) is 4.98 Å². The van der Waals surface area contributed by atoms with Crippen LogP contribution in [0.25, 0.3) is 10.6 Å². The lowest BCUT2D eigenvalue weighted by molar-refractivity contribution is -0.155. The maximum atomic E-state index is 11.8. The van der Waals surface area contributed by atoms with Gasteiger partial charge < -0.3 is 14.2 Å². The average Bonchev–Trinajstić information content (AvgIpc) is 3.24. The second kappa shape index (κ2) is 7.42. The third-order valence-electron chi connectivity index (χ3n) is 3.50. The maximum absolute atomic E-state index is 11.8. The predicted octanol–water partition coefficient (Wildman–Crippen LogP) is 3.80. The lowest BCUT2D eigenvalue weighted by Gasteiger charge is -2.08. The van der Waals surface area contributed by atoms with Crippen LogP contribution < -0.4 is 4.74 Å². The Hall–Kier alpha value is -1.44. The Balaban J connectivity index is 1.68. The number of hydrogen-bond acceptors (Lipinski definition) is 6. The number of benzene rings is 1. The number of aromatic nitrogens is 1. The molecular formula is C16H16BrNO4S. The Morgan fingerprint density at radius 3 is 3.13 bits per heavy atom. The second-order valence-electron chi connectivity index (χ2n) is 5.10. The number of esters is 1. The zero-order chi connectivity index (χ0) is 16.2. The van der Waals surface area contributed by atoms with Gasteiger partial charge in [0.2, 0.25) is 0 Å². The molecule has 2 aromatic rings. The molecule has 1 aliphatic heterocycles. The first kappa shape index (κ1) is 16.4. The fraction of sp³-hybridized carbons (Fsp3) is 0.375. The monoisotopic (exact) mass is 397 g/mol. The highest BCUT2D eigenvalue weighted by Crippen LogP contribution is 2.34. The summed E-state index contributed by atoms with van der Waals surface area (Å²) in [4.78, 5) is 16.4. The number of nitrogens with zero attached hydrogens (tertiary/aromatic N) is 1. The molecule has 1 saturated heterocycles. The van der Waals surface area contributed by atoms with Crippen LogP contribution >= 0.6 is 27.3 Å². The summed E-state index contributed by atoms with van der Waals surface area (Å²) in [7, 11) is 1.63. The Morgan fingerprint density at radius 2 is 2.39 bits per heavy atom. The van der Waals surface area contributed by atoms with Gasteiger partial charge in [0.05, 0.1) is 18.4 Å². The van der Waals surface area contributed by atoms with Crippen LogP contribution in [0.2, 0.25) is 0 Å². The van der Waals surface area contributed by atoms with Crippen LogP contribution in [0.1, 0.15) is 18.5 Å². The van der Waals surface area contributed by atoms with E-state index in [-0.39, 0.29) is 12.6 Å². The molecule has 0 unspecified atom stereocenters. The van der Waals surface area contributed by atoms with E-state index < -0.39 is 6.10 Å². The van der Waals surface area contributed by atoms with Crippen molar-refractivity contribution in [2.24, 2.45) is 0 Å². The van der Waals surface area contributed by atoms with Gasteiger partial charge in [0.1, 0.15) is 17.4 Å². The fourth-order valence-electron chi connectivity index (χ4n) is 2.35. The van der Waals surface area contributed by atoms with Crippen molar-refractivity contribution in [3.63, 3.8) is 0 Å². The van der Waals surface area contributed by atoms with E-state index in [0.29, 0.717) is 6.61 Å². The highest BCUT2D eigenvalue weighted by Gasteiger charge is 2.25. The van der Waals surface area contributed by atoms with Crippen LogP contribution in [0, 0.1) is 0 Å². The number of rotatable bonds is 5. The van der Waals surface area contributed by atoms with Crippen molar-refractivity contribution >= 4 is 33.2 Å². The highest BCUT2D eigenvalue weighted by molar-refractivity contribution is 9.10. The van der Waals surface area contributed by atoms with Crippen molar-refractivity contribution in [2.45, 2.75) is 25.6 Å². The number of carbonyl (C=O) groups excluding carboxylic acids is 1. The molecule has 0 bridgehead atoms. The predicted molar refractivity (Wildman–Crippen MR) is 90.6 cm³/mol. The first-order valence-corrected chi connectivity index (χ1v) is 8.91. The number of hydrogen-bond donors (Lipinski definition) is 0. The van der Waals surface area contributed by atoms with Crippen LogP contribution in [-0.4, -0.2) is 30.8 Å². The van der Waals surface area contributed by atoms with Crippen LogP contribution in [0.15, 0.2) is 28.1 Å². The zero-order valence-electron chi connectivity index (χ0n) is 12.6. The topological polar surface area (TPSA) is 57.7 Å². The molecule has 0 amide bonds. The summed E-state index contributed by atoms with van der Waals surface area (Å²) >= 11 is 4.95. The molecule has 1 atom stereocenters. The molecule has 0 aliphatic carbocycles. The highest BCUT2D eigenvalue weighted by atomic mass is 79.9. The van der Waals surface area contributed by atoms with Crippen molar-refractivity contribution in [3.05, 3.63) is 33.7 Å². The van der Waals surface area contributed by atoms with Gasteiger partial charge in [-0.25, -0.2) is 9.78 Å². The molecule has 1 aliphatic rings. The maximum Gasteiger partial charge on any atom is 0.335 e. The van der Waals surface area contributed by atoms with Gasteiger partial charge in [-0.2, -0.15) is 0 Å². The first-order valence-electron chi connectivity index (χ1n) is 7.24. The quantitative estimate of drug-likeness (QED) is 0.718. The van der Waals surface area contributed by atoms with Crippen LogP contribution in [0.5, 0.6) is 5.75 Å². The minimum absolute atomic E-state index is 0.158. The molecule has 122 valence electrons. The van der Waals surface area contributed by atoms with Crippen molar-refractivity contribution in [2.75, 3.05) is 13.7 Å². The number of halogens is 1. The molecular weight excluding hydrogens is 382 g/mol. The summed E-state index contributed by atoms with van der Waals surface area (Å²) < 4.78 is 16.9. The van der Waals surface area contributed by atoms with Crippen molar-refractivity contribution < 1.29 is 19.0 Å². The van der Waals surface area contributed by atoms with E-state index in [2.05, 4.69) is 20.9 Å². The summed E-state index contributed by atoms with van der Waals surface area (Å²) in [6.07, 6.45) is 1.22. The summed E-state index contributed by atoms with van der Waals surface area (Å²) in [5, 5.41) is 2.71. The van der Waals surface area contributed by atoms with Crippen LogP contribution in [0.3, 0.4) is 0 Å². The molecule has 1 aromatic heterocycles. The average molecular weight is 398 g/mol. The number of thiazole rings is 1.